The zero-order valence-corrected chi connectivity index (χ0v) is 11.2. The summed E-state index contributed by atoms with van der Waals surface area (Å²) in [4.78, 5) is 0. The third kappa shape index (κ3) is 3.14. The summed E-state index contributed by atoms with van der Waals surface area (Å²) in [6.45, 7) is 4.54. The van der Waals surface area contributed by atoms with E-state index in [0.29, 0.717) is 0 Å². The molecule has 0 unspecified atom stereocenters. The van der Waals surface area contributed by atoms with Crippen LogP contribution in [0.2, 0.25) is 0 Å². The number of para-hydroxylation sites is 1. The zero-order chi connectivity index (χ0) is 13.7. The van der Waals surface area contributed by atoms with Crippen LogP contribution in [0, 0.1) is 0 Å². The number of allylic oxidation sites excluding steroid dienone is 1. The van der Waals surface area contributed by atoms with E-state index in [9.17, 15) is 0 Å². The van der Waals surface area contributed by atoms with E-state index >= 15 is 0 Å². The molecule has 0 saturated carbocycles. The fraction of sp³-hybridized carbons (Fsp3) is 0.0714. The van der Waals surface area contributed by atoms with Gasteiger partial charge in [-0.15, -0.1) is 0 Å². The number of fused-ring (bicyclic) bond motifs is 1. The largest absolute Gasteiger partial charge is 0.375 e. The minimum Gasteiger partial charge on any atom is -0.375 e. The summed E-state index contributed by atoms with van der Waals surface area (Å²) in [6.07, 6.45) is 5.58. The van der Waals surface area contributed by atoms with Crippen molar-refractivity contribution in [3.63, 3.8) is 0 Å². The van der Waals surface area contributed by atoms with Gasteiger partial charge in [0.25, 0.3) is 0 Å². The first-order chi connectivity index (χ1) is 9.22. The van der Waals surface area contributed by atoms with E-state index < -0.39 is 0 Å². The maximum absolute atomic E-state index is 5.32. The van der Waals surface area contributed by atoms with Crippen LogP contribution >= 0.6 is 12.2 Å². The number of nitrogens with zero attached hydrogens (tertiary/aromatic N) is 2. The van der Waals surface area contributed by atoms with Gasteiger partial charge in [-0.3, -0.25) is 5.43 Å². The van der Waals surface area contributed by atoms with Gasteiger partial charge in [-0.05, 0) is 24.4 Å². The van der Waals surface area contributed by atoms with Crippen molar-refractivity contribution in [1.82, 2.24) is 5.43 Å². The van der Waals surface area contributed by atoms with Crippen LogP contribution in [-0.4, -0.2) is 11.3 Å². The van der Waals surface area contributed by atoms with Crippen LogP contribution < -0.4 is 15.7 Å². The number of thiocarbonyl (C=S) groups is 1. The fourth-order valence-corrected chi connectivity index (χ4v) is 1.94. The van der Waals surface area contributed by atoms with Gasteiger partial charge in [-0.1, -0.05) is 18.7 Å². The number of pyridine rings is 1. The number of rotatable bonds is 4. The van der Waals surface area contributed by atoms with Gasteiger partial charge < -0.3 is 5.73 Å². The molecule has 96 valence electrons. The highest BCUT2D eigenvalue weighted by Crippen LogP contribution is 2.13. The number of nitrogens with two attached hydrogens (primary N) is 1. The Balaban J connectivity index is 2.46. The molecule has 0 fully saturated rings. The second kappa shape index (κ2) is 6.06. The van der Waals surface area contributed by atoms with Crippen LogP contribution in [0.4, 0.5) is 0 Å². The molecule has 2 rings (SSSR count). The lowest BCUT2D eigenvalue weighted by Gasteiger charge is -2.02. The lowest BCUT2D eigenvalue weighted by Crippen LogP contribution is -2.33. The van der Waals surface area contributed by atoms with Crippen molar-refractivity contribution in [2.24, 2.45) is 10.8 Å². The van der Waals surface area contributed by atoms with Gasteiger partial charge in [0.2, 0.25) is 5.52 Å². The summed E-state index contributed by atoms with van der Waals surface area (Å²) < 4.78 is 2.13. The van der Waals surface area contributed by atoms with E-state index in [4.69, 9.17) is 18.0 Å². The first kappa shape index (κ1) is 13.2. The van der Waals surface area contributed by atoms with Gasteiger partial charge in [0.15, 0.2) is 17.9 Å². The molecule has 2 aromatic rings. The summed E-state index contributed by atoms with van der Waals surface area (Å²) in [5.74, 6) is 0. The van der Waals surface area contributed by atoms with Crippen LogP contribution in [-0.2, 0) is 6.54 Å². The van der Waals surface area contributed by atoms with Crippen molar-refractivity contribution in [2.75, 3.05) is 0 Å². The van der Waals surface area contributed by atoms with Crippen molar-refractivity contribution < 1.29 is 4.57 Å². The Morgan fingerprint density at radius 3 is 2.95 bits per heavy atom. The summed E-state index contributed by atoms with van der Waals surface area (Å²) in [5.41, 5.74) is 10.0. The summed E-state index contributed by atoms with van der Waals surface area (Å²) in [7, 11) is 0. The molecule has 0 saturated heterocycles. The molecule has 0 aliphatic heterocycles. The average molecular weight is 271 g/mol. The molecule has 0 atom stereocenters. The molecule has 1 aromatic heterocycles. The highest BCUT2D eigenvalue weighted by Gasteiger charge is 2.09. The summed E-state index contributed by atoms with van der Waals surface area (Å²) in [5, 5.41) is 5.26. The van der Waals surface area contributed by atoms with Crippen molar-refractivity contribution in [2.45, 2.75) is 6.54 Å². The molecule has 4 nitrogen and oxygen atoms in total. The fourth-order valence-electron chi connectivity index (χ4n) is 1.88. The number of benzene rings is 1. The van der Waals surface area contributed by atoms with Crippen LogP contribution in [0.15, 0.2) is 54.3 Å². The standard InChI is InChI=1S/C14H14N4S/c1-2-8-18-9-7-11(10-16-17-14(15)19)12-5-3-4-6-13(12)18/h2-7,9-10H,1,8H2,(H2,15,19)/p+1. The van der Waals surface area contributed by atoms with Crippen LogP contribution in [0.3, 0.4) is 0 Å². The van der Waals surface area contributed by atoms with Gasteiger partial charge in [0.05, 0.1) is 11.6 Å². The van der Waals surface area contributed by atoms with Crippen LogP contribution in [0.5, 0.6) is 0 Å². The number of aromatic nitrogens is 1. The Morgan fingerprint density at radius 1 is 1.42 bits per heavy atom. The third-order valence-corrected chi connectivity index (χ3v) is 2.75. The maximum Gasteiger partial charge on any atom is 0.213 e. The van der Waals surface area contributed by atoms with Crippen molar-refractivity contribution in [3.05, 3.63) is 54.7 Å². The number of hydrazone groups is 1. The van der Waals surface area contributed by atoms with E-state index in [1.807, 2.05) is 30.5 Å². The topological polar surface area (TPSA) is 54.3 Å². The minimum atomic E-state index is 0.151. The van der Waals surface area contributed by atoms with Gasteiger partial charge >= 0.3 is 0 Å². The molecule has 0 radical (unpaired) electrons. The molecule has 0 aliphatic carbocycles. The van der Waals surface area contributed by atoms with E-state index in [2.05, 4.69) is 33.8 Å². The zero-order valence-electron chi connectivity index (χ0n) is 10.4. The molecule has 0 aliphatic rings. The predicted octanol–water partition coefficient (Wildman–Crippen LogP) is 1.48. The van der Waals surface area contributed by atoms with Gasteiger partial charge in [0.1, 0.15) is 0 Å². The monoisotopic (exact) mass is 271 g/mol. The predicted molar refractivity (Wildman–Crippen MR) is 81.9 cm³/mol. The maximum atomic E-state index is 5.32. The molecule has 0 amide bonds. The molecule has 0 bridgehead atoms. The van der Waals surface area contributed by atoms with Crippen molar-refractivity contribution in [1.29, 1.82) is 0 Å². The van der Waals surface area contributed by atoms with Crippen molar-refractivity contribution >= 4 is 34.4 Å². The molecule has 3 N–H and O–H groups in total. The van der Waals surface area contributed by atoms with Gasteiger partial charge in [-0.25, -0.2) is 0 Å². The van der Waals surface area contributed by atoms with E-state index in [-0.39, 0.29) is 5.11 Å². The van der Waals surface area contributed by atoms with Crippen LogP contribution in [0.25, 0.3) is 10.9 Å². The first-order valence-electron chi connectivity index (χ1n) is 5.83. The smallest absolute Gasteiger partial charge is 0.213 e. The minimum absolute atomic E-state index is 0.151. The lowest BCUT2D eigenvalue weighted by molar-refractivity contribution is -0.660. The number of hydrogen-bond acceptors (Lipinski definition) is 2. The van der Waals surface area contributed by atoms with Crippen LogP contribution in [0.1, 0.15) is 5.56 Å². The Labute approximate surface area is 117 Å². The highest BCUT2D eigenvalue weighted by molar-refractivity contribution is 7.80. The Morgan fingerprint density at radius 2 is 2.21 bits per heavy atom. The molecule has 0 spiro atoms. The molecule has 1 aromatic carbocycles. The van der Waals surface area contributed by atoms with E-state index in [1.165, 1.54) is 0 Å². The normalized spacial score (nSPS) is 10.7. The highest BCUT2D eigenvalue weighted by atomic mass is 32.1. The SMILES string of the molecule is C=CC[n+]1ccc(/C=N\NC(N)=S)c2ccccc21. The molecule has 19 heavy (non-hydrogen) atoms. The van der Waals surface area contributed by atoms with E-state index in [1.54, 1.807) is 6.21 Å². The molecular formula is C14H15N4S+. The Hall–Kier alpha value is -2.27. The second-order valence-electron chi connectivity index (χ2n) is 3.96. The number of nitrogens with one attached hydrogen (secondary N) is 1. The van der Waals surface area contributed by atoms with E-state index in [0.717, 1.165) is 23.0 Å². The lowest BCUT2D eigenvalue weighted by atomic mass is 10.1. The summed E-state index contributed by atoms with van der Waals surface area (Å²) in [6, 6.07) is 10.1. The molecule has 5 heteroatoms. The number of hydrogen-bond donors (Lipinski definition) is 2. The average Bonchev–Trinajstić information content (AvgIpc) is 2.41. The molecule has 1 heterocycles. The first-order valence-corrected chi connectivity index (χ1v) is 6.24. The Bertz CT molecular complexity index is 649. The Kier molecular flexibility index (Phi) is 4.20. The second-order valence-corrected chi connectivity index (χ2v) is 4.40. The van der Waals surface area contributed by atoms with Gasteiger partial charge in [-0.2, -0.15) is 9.67 Å². The van der Waals surface area contributed by atoms with Crippen molar-refractivity contribution in [3.8, 4) is 0 Å². The summed E-state index contributed by atoms with van der Waals surface area (Å²) >= 11 is 4.70. The molecular weight excluding hydrogens is 256 g/mol. The van der Waals surface area contributed by atoms with Gasteiger partial charge in [0, 0.05) is 17.7 Å². The third-order valence-electron chi connectivity index (χ3n) is 2.66. The quantitative estimate of drug-likeness (QED) is 0.291.